The van der Waals surface area contributed by atoms with Gasteiger partial charge in [-0.15, -0.1) is 0 Å². The lowest BCUT2D eigenvalue weighted by Gasteiger charge is -2.35. The molecule has 1 aromatic rings. The lowest BCUT2D eigenvalue weighted by Crippen LogP contribution is -2.43. The van der Waals surface area contributed by atoms with Crippen molar-refractivity contribution in [2.75, 3.05) is 49.3 Å². The second-order valence-corrected chi connectivity index (χ2v) is 9.07. The maximum Gasteiger partial charge on any atom is 0.227 e. The Balaban J connectivity index is 1.55. The first-order valence-corrected chi connectivity index (χ1v) is 10.9. The zero-order chi connectivity index (χ0) is 18.7. The summed E-state index contributed by atoms with van der Waals surface area (Å²) in [6, 6.07) is 8.21. The van der Waals surface area contributed by atoms with Crippen LogP contribution in [0.5, 0.6) is 0 Å². The quantitative estimate of drug-likeness (QED) is 0.856. The van der Waals surface area contributed by atoms with Crippen LogP contribution in [0, 0.1) is 5.92 Å². The number of morpholine rings is 1. The predicted octanol–water partition coefficient (Wildman–Crippen LogP) is 1.52. The number of ether oxygens (including phenoxy) is 1. The highest BCUT2D eigenvalue weighted by Gasteiger charge is 2.29. The van der Waals surface area contributed by atoms with Crippen LogP contribution >= 0.6 is 0 Å². The number of hydrogen-bond acceptors (Lipinski definition) is 5. The van der Waals surface area contributed by atoms with Gasteiger partial charge in [-0.3, -0.25) is 4.79 Å². The molecule has 2 heterocycles. The van der Waals surface area contributed by atoms with Crippen LogP contribution < -0.4 is 10.2 Å². The monoisotopic (exact) mass is 381 g/mol. The lowest BCUT2D eigenvalue weighted by molar-refractivity contribution is -0.120. The standard InChI is InChI=1S/C18H27N3O4S/c1-14-13-25-12-11-21(14)17-5-3-16(4-6-17)19-18(22)15-7-9-20(10-8-15)26(2,23)24/h3-6,14-15H,7-13H2,1-2H3,(H,19,22). The lowest BCUT2D eigenvalue weighted by atomic mass is 9.97. The molecule has 0 saturated carbocycles. The molecule has 1 unspecified atom stereocenters. The minimum absolute atomic E-state index is 0.0364. The maximum atomic E-state index is 12.5. The molecule has 1 aromatic carbocycles. The minimum atomic E-state index is -3.17. The van der Waals surface area contributed by atoms with E-state index in [1.165, 1.54) is 10.6 Å². The summed E-state index contributed by atoms with van der Waals surface area (Å²) >= 11 is 0. The zero-order valence-corrected chi connectivity index (χ0v) is 16.2. The largest absolute Gasteiger partial charge is 0.377 e. The van der Waals surface area contributed by atoms with Gasteiger partial charge in [0, 0.05) is 43.0 Å². The molecule has 2 fully saturated rings. The van der Waals surface area contributed by atoms with E-state index in [0.29, 0.717) is 32.0 Å². The molecule has 2 aliphatic heterocycles. The van der Waals surface area contributed by atoms with Crippen LogP contribution in [-0.2, 0) is 19.6 Å². The van der Waals surface area contributed by atoms with Crippen LogP contribution in [0.4, 0.5) is 11.4 Å². The Bertz CT molecular complexity index is 727. The number of anilines is 2. The van der Waals surface area contributed by atoms with E-state index >= 15 is 0 Å². The summed E-state index contributed by atoms with van der Waals surface area (Å²) in [7, 11) is -3.17. The van der Waals surface area contributed by atoms with Crippen LogP contribution in [0.2, 0.25) is 0 Å². The normalized spacial score (nSPS) is 23.0. The van der Waals surface area contributed by atoms with E-state index in [0.717, 1.165) is 31.1 Å². The summed E-state index contributed by atoms with van der Waals surface area (Å²) in [5, 5.41) is 2.96. The van der Waals surface area contributed by atoms with Gasteiger partial charge in [0.15, 0.2) is 0 Å². The molecule has 0 radical (unpaired) electrons. The molecule has 26 heavy (non-hydrogen) atoms. The first-order chi connectivity index (χ1) is 12.3. The fourth-order valence-electron chi connectivity index (χ4n) is 3.54. The summed E-state index contributed by atoms with van der Waals surface area (Å²) in [5.74, 6) is -0.183. The number of hydrogen-bond donors (Lipinski definition) is 1. The van der Waals surface area contributed by atoms with Gasteiger partial charge in [-0.1, -0.05) is 0 Å². The Morgan fingerprint density at radius 3 is 2.38 bits per heavy atom. The maximum absolute atomic E-state index is 12.5. The molecule has 8 heteroatoms. The third-order valence-corrected chi connectivity index (χ3v) is 6.43. The van der Waals surface area contributed by atoms with Gasteiger partial charge < -0.3 is 15.0 Å². The van der Waals surface area contributed by atoms with Crippen molar-refractivity contribution in [3.63, 3.8) is 0 Å². The van der Waals surface area contributed by atoms with E-state index < -0.39 is 10.0 Å². The van der Waals surface area contributed by atoms with Crippen molar-refractivity contribution in [2.24, 2.45) is 5.92 Å². The highest BCUT2D eigenvalue weighted by Crippen LogP contribution is 2.24. The van der Waals surface area contributed by atoms with Gasteiger partial charge in [0.05, 0.1) is 19.5 Å². The Morgan fingerprint density at radius 1 is 1.15 bits per heavy atom. The van der Waals surface area contributed by atoms with E-state index in [9.17, 15) is 13.2 Å². The van der Waals surface area contributed by atoms with Crippen LogP contribution in [0.1, 0.15) is 19.8 Å². The van der Waals surface area contributed by atoms with Crippen molar-refractivity contribution in [2.45, 2.75) is 25.8 Å². The highest BCUT2D eigenvalue weighted by molar-refractivity contribution is 7.88. The molecule has 2 saturated heterocycles. The first kappa shape index (κ1) is 19.1. The SMILES string of the molecule is CC1COCCN1c1ccc(NC(=O)C2CCN(S(C)(=O)=O)CC2)cc1. The van der Waals surface area contributed by atoms with Crippen molar-refractivity contribution in [3.05, 3.63) is 24.3 Å². The molecule has 3 rings (SSSR count). The number of carbonyl (C=O) groups is 1. The van der Waals surface area contributed by atoms with Gasteiger partial charge in [-0.05, 0) is 44.0 Å². The van der Waals surface area contributed by atoms with Crippen LogP contribution in [0.3, 0.4) is 0 Å². The number of piperidine rings is 1. The van der Waals surface area contributed by atoms with Crippen molar-refractivity contribution in [1.82, 2.24) is 4.31 Å². The first-order valence-electron chi connectivity index (χ1n) is 9.05. The number of sulfonamides is 1. The fourth-order valence-corrected chi connectivity index (χ4v) is 4.42. The zero-order valence-electron chi connectivity index (χ0n) is 15.3. The number of nitrogens with zero attached hydrogens (tertiary/aromatic N) is 2. The Morgan fingerprint density at radius 2 is 1.81 bits per heavy atom. The fraction of sp³-hybridized carbons (Fsp3) is 0.611. The minimum Gasteiger partial charge on any atom is -0.377 e. The highest BCUT2D eigenvalue weighted by atomic mass is 32.2. The third kappa shape index (κ3) is 4.55. The average Bonchev–Trinajstić information content (AvgIpc) is 2.62. The third-order valence-electron chi connectivity index (χ3n) is 5.13. The summed E-state index contributed by atoms with van der Waals surface area (Å²) in [5.41, 5.74) is 1.89. The molecule has 0 spiro atoms. The van der Waals surface area contributed by atoms with Crippen LogP contribution in [-0.4, -0.2) is 63.8 Å². The van der Waals surface area contributed by atoms with Crippen molar-refractivity contribution < 1.29 is 17.9 Å². The predicted molar refractivity (Wildman–Crippen MR) is 102 cm³/mol. The molecule has 1 atom stereocenters. The van der Waals surface area contributed by atoms with E-state index in [1.54, 1.807) is 0 Å². The molecule has 0 aliphatic carbocycles. The summed E-state index contributed by atoms with van der Waals surface area (Å²) < 4.78 is 30.0. The van der Waals surface area contributed by atoms with E-state index in [1.807, 2.05) is 24.3 Å². The van der Waals surface area contributed by atoms with E-state index in [2.05, 4.69) is 17.1 Å². The van der Waals surface area contributed by atoms with Gasteiger partial charge in [-0.25, -0.2) is 12.7 Å². The van der Waals surface area contributed by atoms with Crippen molar-refractivity contribution in [1.29, 1.82) is 0 Å². The summed E-state index contributed by atoms with van der Waals surface area (Å²) in [4.78, 5) is 14.8. The van der Waals surface area contributed by atoms with Gasteiger partial charge in [-0.2, -0.15) is 0 Å². The summed E-state index contributed by atoms with van der Waals surface area (Å²) in [6.45, 7) is 5.28. The molecule has 7 nitrogen and oxygen atoms in total. The Hall–Kier alpha value is -1.64. The molecule has 2 aliphatic rings. The van der Waals surface area contributed by atoms with Gasteiger partial charge >= 0.3 is 0 Å². The van der Waals surface area contributed by atoms with Crippen LogP contribution in [0.25, 0.3) is 0 Å². The second kappa shape index (κ2) is 7.94. The topological polar surface area (TPSA) is 79.0 Å². The average molecular weight is 381 g/mol. The van der Waals surface area contributed by atoms with Gasteiger partial charge in [0.2, 0.25) is 15.9 Å². The van der Waals surface area contributed by atoms with Gasteiger partial charge in [0.1, 0.15) is 0 Å². The van der Waals surface area contributed by atoms with Crippen molar-refractivity contribution in [3.8, 4) is 0 Å². The molecule has 0 aromatic heterocycles. The molecular formula is C18H27N3O4S. The molecule has 144 valence electrons. The van der Waals surface area contributed by atoms with E-state index in [4.69, 9.17) is 4.74 Å². The smallest absolute Gasteiger partial charge is 0.227 e. The number of carbonyl (C=O) groups excluding carboxylic acids is 1. The number of nitrogens with one attached hydrogen (secondary N) is 1. The molecule has 1 amide bonds. The number of amides is 1. The Labute approximate surface area is 155 Å². The van der Waals surface area contributed by atoms with Crippen molar-refractivity contribution >= 4 is 27.3 Å². The Kier molecular flexibility index (Phi) is 5.84. The number of benzene rings is 1. The number of rotatable bonds is 4. The molecular weight excluding hydrogens is 354 g/mol. The molecule has 0 bridgehead atoms. The van der Waals surface area contributed by atoms with Crippen LogP contribution in [0.15, 0.2) is 24.3 Å². The van der Waals surface area contributed by atoms with E-state index in [-0.39, 0.29) is 11.8 Å². The molecule has 1 N–H and O–H groups in total. The second-order valence-electron chi connectivity index (χ2n) is 7.09. The van der Waals surface area contributed by atoms with Gasteiger partial charge in [0.25, 0.3) is 0 Å². The summed E-state index contributed by atoms with van der Waals surface area (Å²) in [6.07, 6.45) is 2.33.